The van der Waals surface area contributed by atoms with Crippen LogP contribution in [0.3, 0.4) is 0 Å². The van der Waals surface area contributed by atoms with E-state index in [0.29, 0.717) is 12.6 Å². The summed E-state index contributed by atoms with van der Waals surface area (Å²) >= 11 is 5.78. The Morgan fingerprint density at radius 3 is 2.65 bits per heavy atom. The molecule has 0 bridgehead atoms. The Hall–Kier alpha value is -1.38. The second kappa shape index (κ2) is 6.87. The summed E-state index contributed by atoms with van der Waals surface area (Å²) in [6.45, 7) is 4.96. The van der Waals surface area contributed by atoms with Crippen LogP contribution >= 0.6 is 11.6 Å². The lowest BCUT2D eigenvalue weighted by Crippen LogP contribution is -2.27. The topological polar surface area (TPSA) is 12.0 Å². The van der Waals surface area contributed by atoms with E-state index in [4.69, 9.17) is 11.6 Å². The normalized spacial score (nSPS) is 12.4. The van der Waals surface area contributed by atoms with E-state index in [1.54, 1.807) is 12.1 Å². The number of hydrogen-bond donors (Lipinski definition) is 1. The molecule has 1 N–H and O–H groups in total. The number of halogens is 2. The van der Waals surface area contributed by atoms with E-state index < -0.39 is 0 Å². The fourth-order valence-electron chi connectivity index (χ4n) is 2.18. The van der Waals surface area contributed by atoms with Crippen LogP contribution in [0.25, 0.3) is 0 Å². The van der Waals surface area contributed by atoms with Crippen LogP contribution in [0.2, 0.25) is 5.02 Å². The molecule has 0 aromatic heterocycles. The molecule has 0 fully saturated rings. The van der Waals surface area contributed by atoms with Crippen LogP contribution in [-0.2, 0) is 13.0 Å². The quantitative estimate of drug-likeness (QED) is 0.855. The van der Waals surface area contributed by atoms with Crippen molar-refractivity contribution in [2.75, 3.05) is 0 Å². The van der Waals surface area contributed by atoms with Crippen LogP contribution in [0.4, 0.5) is 4.39 Å². The highest BCUT2D eigenvalue weighted by Gasteiger charge is 2.06. The molecule has 1 nitrogen and oxygen atoms in total. The van der Waals surface area contributed by atoms with Gasteiger partial charge in [-0.2, -0.15) is 0 Å². The molecule has 0 heterocycles. The molecular weight excluding hydrogens is 273 g/mol. The van der Waals surface area contributed by atoms with Gasteiger partial charge in [0.05, 0.1) is 5.02 Å². The van der Waals surface area contributed by atoms with E-state index in [2.05, 4.69) is 43.4 Å². The summed E-state index contributed by atoms with van der Waals surface area (Å²) in [4.78, 5) is 0. The molecule has 0 radical (unpaired) electrons. The molecule has 0 saturated heterocycles. The molecule has 0 aliphatic rings. The minimum atomic E-state index is -0.372. The second-order valence-corrected chi connectivity index (χ2v) is 5.57. The third-order valence-corrected chi connectivity index (χ3v) is 3.72. The summed E-state index contributed by atoms with van der Waals surface area (Å²) in [7, 11) is 0. The number of nitrogens with one attached hydrogen (secondary N) is 1. The van der Waals surface area contributed by atoms with Gasteiger partial charge in [0.25, 0.3) is 0 Å². The lowest BCUT2D eigenvalue weighted by molar-refractivity contribution is 0.543. The van der Waals surface area contributed by atoms with Crippen molar-refractivity contribution in [2.24, 2.45) is 0 Å². The molecule has 2 aromatic rings. The van der Waals surface area contributed by atoms with Gasteiger partial charge < -0.3 is 5.32 Å². The van der Waals surface area contributed by atoms with Crippen molar-refractivity contribution in [1.29, 1.82) is 0 Å². The largest absolute Gasteiger partial charge is 0.310 e. The first-order valence-corrected chi connectivity index (χ1v) is 7.16. The SMILES string of the molecule is Cc1ccccc1CC(C)NCc1ccc(F)c(Cl)c1. The van der Waals surface area contributed by atoms with E-state index in [1.165, 1.54) is 17.2 Å². The first-order chi connectivity index (χ1) is 9.56. The van der Waals surface area contributed by atoms with Gasteiger partial charge in [0.1, 0.15) is 5.82 Å². The predicted molar refractivity (Wildman–Crippen MR) is 82.6 cm³/mol. The fraction of sp³-hybridized carbons (Fsp3) is 0.294. The van der Waals surface area contributed by atoms with Gasteiger partial charge in [-0.15, -0.1) is 0 Å². The lowest BCUT2D eigenvalue weighted by atomic mass is 10.0. The summed E-state index contributed by atoms with van der Waals surface area (Å²) in [5.74, 6) is -0.372. The summed E-state index contributed by atoms with van der Waals surface area (Å²) in [5.41, 5.74) is 3.66. The first kappa shape index (κ1) is 15.0. The van der Waals surface area contributed by atoms with Crippen LogP contribution < -0.4 is 5.32 Å². The van der Waals surface area contributed by atoms with Crippen molar-refractivity contribution in [2.45, 2.75) is 32.9 Å². The van der Waals surface area contributed by atoms with Crippen molar-refractivity contribution >= 4 is 11.6 Å². The van der Waals surface area contributed by atoms with Gasteiger partial charge >= 0.3 is 0 Å². The average Bonchev–Trinajstić information content (AvgIpc) is 2.43. The van der Waals surface area contributed by atoms with Gasteiger partial charge in [-0.1, -0.05) is 41.9 Å². The number of aryl methyl sites for hydroxylation is 1. The van der Waals surface area contributed by atoms with Crippen molar-refractivity contribution in [3.8, 4) is 0 Å². The van der Waals surface area contributed by atoms with Crippen LogP contribution in [0.5, 0.6) is 0 Å². The van der Waals surface area contributed by atoms with E-state index in [9.17, 15) is 4.39 Å². The highest BCUT2D eigenvalue weighted by Crippen LogP contribution is 2.16. The van der Waals surface area contributed by atoms with Crippen molar-refractivity contribution in [1.82, 2.24) is 5.32 Å². The Morgan fingerprint density at radius 1 is 1.20 bits per heavy atom. The Kier molecular flexibility index (Phi) is 5.16. The Labute approximate surface area is 124 Å². The van der Waals surface area contributed by atoms with Crippen LogP contribution in [0, 0.1) is 12.7 Å². The molecule has 0 aliphatic carbocycles. The lowest BCUT2D eigenvalue weighted by Gasteiger charge is -2.15. The monoisotopic (exact) mass is 291 g/mol. The third-order valence-electron chi connectivity index (χ3n) is 3.43. The third kappa shape index (κ3) is 4.06. The van der Waals surface area contributed by atoms with Gasteiger partial charge in [-0.3, -0.25) is 0 Å². The molecule has 1 atom stereocenters. The Bertz CT molecular complexity index is 583. The summed E-state index contributed by atoms with van der Waals surface area (Å²) in [5, 5.41) is 3.62. The fourth-order valence-corrected chi connectivity index (χ4v) is 2.39. The molecule has 1 unspecified atom stereocenters. The maximum absolute atomic E-state index is 13.1. The van der Waals surface area contributed by atoms with Gasteiger partial charge in [0, 0.05) is 12.6 Å². The first-order valence-electron chi connectivity index (χ1n) is 6.78. The summed E-state index contributed by atoms with van der Waals surface area (Å²) in [6.07, 6.45) is 0.974. The number of hydrogen-bond acceptors (Lipinski definition) is 1. The van der Waals surface area contributed by atoms with Crippen LogP contribution in [0.15, 0.2) is 42.5 Å². The zero-order chi connectivity index (χ0) is 14.5. The number of benzene rings is 2. The van der Waals surface area contributed by atoms with Gasteiger partial charge in [0.2, 0.25) is 0 Å². The average molecular weight is 292 g/mol. The standard InChI is InChI=1S/C17H19ClFN/c1-12-5-3-4-6-15(12)9-13(2)20-11-14-7-8-17(19)16(18)10-14/h3-8,10,13,20H,9,11H2,1-2H3. The molecule has 2 rings (SSSR count). The number of rotatable bonds is 5. The van der Waals surface area contributed by atoms with E-state index in [1.807, 2.05) is 0 Å². The van der Waals surface area contributed by atoms with Crippen LogP contribution in [0.1, 0.15) is 23.6 Å². The molecular formula is C17H19ClFN. The molecule has 20 heavy (non-hydrogen) atoms. The zero-order valence-corrected chi connectivity index (χ0v) is 12.5. The van der Waals surface area contributed by atoms with Crippen LogP contribution in [-0.4, -0.2) is 6.04 Å². The smallest absolute Gasteiger partial charge is 0.141 e. The van der Waals surface area contributed by atoms with Gasteiger partial charge in [0.15, 0.2) is 0 Å². The highest BCUT2D eigenvalue weighted by atomic mass is 35.5. The minimum Gasteiger partial charge on any atom is -0.310 e. The predicted octanol–water partition coefficient (Wildman–Crippen LogP) is 4.51. The molecule has 0 spiro atoms. The Morgan fingerprint density at radius 2 is 1.95 bits per heavy atom. The van der Waals surface area contributed by atoms with Gasteiger partial charge in [-0.05, 0) is 49.1 Å². The molecule has 3 heteroatoms. The zero-order valence-electron chi connectivity index (χ0n) is 11.8. The molecule has 106 valence electrons. The summed E-state index contributed by atoms with van der Waals surface area (Å²) in [6, 6.07) is 13.6. The molecule has 0 aliphatic heterocycles. The van der Waals surface area contributed by atoms with Gasteiger partial charge in [-0.25, -0.2) is 4.39 Å². The minimum absolute atomic E-state index is 0.177. The highest BCUT2D eigenvalue weighted by molar-refractivity contribution is 6.30. The molecule has 0 saturated carbocycles. The Balaban J connectivity index is 1.90. The summed E-state index contributed by atoms with van der Waals surface area (Å²) < 4.78 is 13.1. The maximum Gasteiger partial charge on any atom is 0.141 e. The van der Waals surface area contributed by atoms with E-state index in [0.717, 1.165) is 12.0 Å². The van der Waals surface area contributed by atoms with E-state index >= 15 is 0 Å². The maximum atomic E-state index is 13.1. The molecule has 2 aromatic carbocycles. The van der Waals surface area contributed by atoms with E-state index in [-0.39, 0.29) is 10.8 Å². The van der Waals surface area contributed by atoms with Crippen molar-refractivity contribution in [3.63, 3.8) is 0 Å². The van der Waals surface area contributed by atoms with Crippen molar-refractivity contribution in [3.05, 3.63) is 70.0 Å². The molecule has 0 amide bonds. The van der Waals surface area contributed by atoms with Crippen molar-refractivity contribution < 1.29 is 4.39 Å². The second-order valence-electron chi connectivity index (χ2n) is 5.16.